The maximum Gasteiger partial charge on any atom is 0.279 e. The number of hydrogen-bond acceptors (Lipinski definition) is 4. The molecule has 25 heavy (non-hydrogen) atoms. The molecule has 1 aliphatic heterocycles. The number of aromatic carboxylic acids is 1. The lowest BCUT2D eigenvalue weighted by atomic mass is 10.2. The molecule has 2 aromatic carbocycles. The second-order valence-corrected chi connectivity index (χ2v) is 6.16. The number of rotatable bonds is 5. The molecule has 0 saturated carbocycles. The zero-order valence-electron chi connectivity index (χ0n) is 13.9. The first kappa shape index (κ1) is 17.0. The highest BCUT2D eigenvalue weighted by Crippen LogP contribution is 2.12. The second-order valence-electron chi connectivity index (χ2n) is 6.16. The molecule has 0 unspecified atom stereocenters. The van der Waals surface area contributed by atoms with Crippen molar-refractivity contribution >= 4 is 23.3 Å². The first-order chi connectivity index (χ1) is 12.1. The van der Waals surface area contributed by atoms with E-state index in [1.807, 2.05) is 18.2 Å². The van der Waals surface area contributed by atoms with Crippen molar-refractivity contribution in [2.24, 2.45) is 0 Å². The van der Waals surface area contributed by atoms with Crippen LogP contribution in [0, 0.1) is 0 Å². The number of piperazine rings is 1. The minimum atomic E-state index is -1.22. The Labute approximate surface area is 146 Å². The molecule has 1 heterocycles. The SMILES string of the molecule is O=C(C[NH+]1CCN(c2ccccc2)CC1)Nc1ccc(C(=O)[O-])cc1. The molecule has 1 saturated heterocycles. The first-order valence-electron chi connectivity index (χ1n) is 8.36. The number of carboxylic acids is 1. The van der Waals surface area contributed by atoms with E-state index in [2.05, 4.69) is 22.3 Å². The predicted molar refractivity (Wildman–Crippen MR) is 93.6 cm³/mol. The molecule has 2 N–H and O–H groups in total. The largest absolute Gasteiger partial charge is 0.545 e. The van der Waals surface area contributed by atoms with Gasteiger partial charge in [-0.2, -0.15) is 0 Å². The van der Waals surface area contributed by atoms with Gasteiger partial charge in [0.1, 0.15) is 0 Å². The van der Waals surface area contributed by atoms with Crippen molar-refractivity contribution in [2.75, 3.05) is 42.9 Å². The third-order valence-electron chi connectivity index (χ3n) is 4.41. The summed E-state index contributed by atoms with van der Waals surface area (Å²) in [5.41, 5.74) is 1.91. The molecule has 0 aliphatic carbocycles. The zero-order chi connectivity index (χ0) is 17.6. The van der Waals surface area contributed by atoms with Gasteiger partial charge < -0.3 is 25.0 Å². The average molecular weight is 339 g/mol. The molecule has 0 spiro atoms. The Kier molecular flexibility index (Phi) is 5.30. The van der Waals surface area contributed by atoms with Gasteiger partial charge in [-0.1, -0.05) is 30.3 Å². The van der Waals surface area contributed by atoms with Crippen molar-refractivity contribution in [2.45, 2.75) is 0 Å². The highest BCUT2D eigenvalue weighted by atomic mass is 16.4. The van der Waals surface area contributed by atoms with Crippen molar-refractivity contribution in [1.29, 1.82) is 0 Å². The molecule has 2 aromatic rings. The standard InChI is InChI=1S/C19H21N3O3/c23-18(20-16-8-6-15(7-9-16)19(24)25)14-21-10-12-22(13-11-21)17-4-2-1-3-5-17/h1-9H,10-14H2,(H,20,23)(H,24,25). The molecule has 0 bridgehead atoms. The number of nitrogens with one attached hydrogen (secondary N) is 2. The highest BCUT2D eigenvalue weighted by Gasteiger charge is 2.22. The van der Waals surface area contributed by atoms with Crippen LogP contribution in [0.15, 0.2) is 54.6 Å². The van der Waals surface area contributed by atoms with Crippen LogP contribution in [0.1, 0.15) is 10.4 Å². The third-order valence-corrected chi connectivity index (χ3v) is 4.41. The number of benzene rings is 2. The number of para-hydroxylation sites is 1. The number of amides is 1. The predicted octanol–water partition coefficient (Wildman–Crippen LogP) is -0.606. The normalized spacial score (nSPS) is 15.0. The van der Waals surface area contributed by atoms with Gasteiger partial charge in [0.25, 0.3) is 5.91 Å². The smallest absolute Gasteiger partial charge is 0.279 e. The minimum absolute atomic E-state index is 0.0654. The van der Waals surface area contributed by atoms with Crippen molar-refractivity contribution in [3.63, 3.8) is 0 Å². The molecule has 3 rings (SSSR count). The van der Waals surface area contributed by atoms with Crippen LogP contribution in [0.4, 0.5) is 11.4 Å². The second kappa shape index (κ2) is 7.81. The number of hydrogen-bond donors (Lipinski definition) is 2. The van der Waals surface area contributed by atoms with E-state index in [-0.39, 0.29) is 11.5 Å². The Balaban J connectivity index is 1.47. The van der Waals surface area contributed by atoms with Crippen LogP contribution in [0.2, 0.25) is 0 Å². The molecule has 0 atom stereocenters. The highest BCUT2D eigenvalue weighted by molar-refractivity contribution is 5.92. The molecule has 1 aliphatic rings. The van der Waals surface area contributed by atoms with Gasteiger partial charge in [0.05, 0.1) is 32.1 Å². The van der Waals surface area contributed by atoms with Crippen LogP contribution >= 0.6 is 0 Å². The van der Waals surface area contributed by atoms with E-state index in [0.29, 0.717) is 12.2 Å². The lowest BCUT2D eigenvalue weighted by Crippen LogP contribution is -3.15. The molecule has 6 heteroatoms. The lowest BCUT2D eigenvalue weighted by Gasteiger charge is -2.33. The third kappa shape index (κ3) is 4.58. The van der Waals surface area contributed by atoms with Gasteiger partial charge in [-0.25, -0.2) is 0 Å². The van der Waals surface area contributed by atoms with E-state index >= 15 is 0 Å². The number of anilines is 2. The zero-order valence-corrected chi connectivity index (χ0v) is 13.9. The maximum absolute atomic E-state index is 12.2. The summed E-state index contributed by atoms with van der Waals surface area (Å²) in [7, 11) is 0. The Hall–Kier alpha value is -2.86. The number of carbonyl (C=O) groups excluding carboxylic acids is 2. The molecule has 6 nitrogen and oxygen atoms in total. The van der Waals surface area contributed by atoms with Crippen LogP contribution in [-0.2, 0) is 4.79 Å². The fourth-order valence-electron chi connectivity index (χ4n) is 3.02. The summed E-state index contributed by atoms with van der Waals surface area (Å²) in [6.45, 7) is 4.07. The molecular formula is C19H21N3O3. The van der Waals surface area contributed by atoms with Gasteiger partial charge in [-0.05, 0) is 29.8 Å². The summed E-state index contributed by atoms with van der Waals surface area (Å²) >= 11 is 0. The number of nitrogens with zero attached hydrogens (tertiary/aromatic N) is 1. The summed E-state index contributed by atoms with van der Waals surface area (Å²) in [5.74, 6) is -1.29. The topological polar surface area (TPSA) is 76.9 Å². The van der Waals surface area contributed by atoms with Crippen molar-refractivity contribution in [1.82, 2.24) is 0 Å². The number of quaternary nitrogens is 1. The van der Waals surface area contributed by atoms with Crippen LogP contribution in [0.3, 0.4) is 0 Å². The van der Waals surface area contributed by atoms with Crippen LogP contribution in [0.5, 0.6) is 0 Å². The molecule has 1 amide bonds. The van der Waals surface area contributed by atoms with Crippen LogP contribution in [0.25, 0.3) is 0 Å². The monoisotopic (exact) mass is 339 g/mol. The maximum atomic E-state index is 12.2. The molecule has 130 valence electrons. The molecule has 1 fully saturated rings. The molecule has 0 radical (unpaired) electrons. The van der Waals surface area contributed by atoms with Crippen molar-refractivity contribution in [3.05, 3.63) is 60.2 Å². The summed E-state index contributed by atoms with van der Waals surface area (Å²) in [6.07, 6.45) is 0. The quantitative estimate of drug-likeness (QED) is 0.762. The number of carboxylic acid groups (broad SMARTS) is 1. The summed E-state index contributed by atoms with van der Waals surface area (Å²) < 4.78 is 0. The molecular weight excluding hydrogens is 318 g/mol. The van der Waals surface area contributed by atoms with E-state index in [1.54, 1.807) is 12.1 Å². The summed E-state index contributed by atoms with van der Waals surface area (Å²) in [5, 5.41) is 13.5. The Morgan fingerprint density at radius 3 is 2.24 bits per heavy atom. The van der Waals surface area contributed by atoms with Crippen molar-refractivity contribution < 1.29 is 19.6 Å². The summed E-state index contributed by atoms with van der Waals surface area (Å²) in [4.78, 5) is 26.5. The van der Waals surface area contributed by atoms with Crippen molar-refractivity contribution in [3.8, 4) is 0 Å². The van der Waals surface area contributed by atoms with Gasteiger partial charge in [-0.3, -0.25) is 4.79 Å². The first-order valence-corrected chi connectivity index (χ1v) is 8.36. The Morgan fingerprint density at radius 2 is 1.64 bits per heavy atom. The fourth-order valence-corrected chi connectivity index (χ4v) is 3.02. The van der Waals surface area contributed by atoms with Crippen LogP contribution < -0.4 is 20.2 Å². The lowest BCUT2D eigenvalue weighted by molar-refractivity contribution is -0.892. The number of carbonyl (C=O) groups is 2. The average Bonchev–Trinajstić information content (AvgIpc) is 2.63. The van der Waals surface area contributed by atoms with Gasteiger partial charge in [0.2, 0.25) is 0 Å². The fraction of sp³-hybridized carbons (Fsp3) is 0.263. The molecule has 0 aromatic heterocycles. The van der Waals surface area contributed by atoms with Gasteiger partial charge in [0.15, 0.2) is 6.54 Å². The van der Waals surface area contributed by atoms with E-state index < -0.39 is 5.97 Å². The van der Waals surface area contributed by atoms with E-state index in [9.17, 15) is 14.7 Å². The van der Waals surface area contributed by atoms with Gasteiger partial charge in [0, 0.05) is 11.4 Å². The minimum Gasteiger partial charge on any atom is -0.545 e. The summed E-state index contributed by atoms with van der Waals surface area (Å²) in [6, 6.07) is 16.3. The van der Waals surface area contributed by atoms with Gasteiger partial charge >= 0.3 is 0 Å². The Morgan fingerprint density at radius 1 is 1.00 bits per heavy atom. The van der Waals surface area contributed by atoms with E-state index in [0.717, 1.165) is 26.2 Å². The van der Waals surface area contributed by atoms with Crippen LogP contribution in [-0.4, -0.2) is 44.6 Å². The van der Waals surface area contributed by atoms with Gasteiger partial charge in [-0.15, -0.1) is 0 Å². The Bertz CT molecular complexity index is 723. The van der Waals surface area contributed by atoms with E-state index in [1.165, 1.54) is 22.7 Å². The van der Waals surface area contributed by atoms with E-state index in [4.69, 9.17) is 0 Å².